The van der Waals surface area contributed by atoms with Crippen molar-refractivity contribution in [3.63, 3.8) is 0 Å². The van der Waals surface area contributed by atoms with Gasteiger partial charge in [0.25, 0.3) is 0 Å². The summed E-state index contributed by atoms with van der Waals surface area (Å²) in [5.74, 6) is 0.733. The van der Waals surface area contributed by atoms with Gasteiger partial charge in [0.2, 0.25) is 0 Å². The number of nitrogens with zero attached hydrogens (tertiary/aromatic N) is 1. The van der Waals surface area contributed by atoms with Crippen LogP contribution in [-0.2, 0) is 11.3 Å². The third-order valence-corrected chi connectivity index (χ3v) is 3.88. The summed E-state index contributed by atoms with van der Waals surface area (Å²) >= 11 is 0. The van der Waals surface area contributed by atoms with E-state index in [9.17, 15) is 9.59 Å². The molecule has 1 aliphatic rings. The first-order chi connectivity index (χ1) is 9.40. The van der Waals surface area contributed by atoms with Gasteiger partial charge >= 0.3 is 12.0 Å². The molecule has 0 spiro atoms. The lowest BCUT2D eigenvalue weighted by Gasteiger charge is -2.36. The molecule has 0 bridgehead atoms. The monoisotopic (exact) mass is 280 g/mol. The maximum Gasteiger partial charge on any atom is 0.317 e. The average Bonchev–Trinajstić information content (AvgIpc) is 2.82. The largest absolute Gasteiger partial charge is 0.481 e. The van der Waals surface area contributed by atoms with Gasteiger partial charge in [-0.3, -0.25) is 4.79 Å². The zero-order chi connectivity index (χ0) is 14.8. The highest BCUT2D eigenvalue weighted by molar-refractivity contribution is 5.76. The molecule has 6 nitrogen and oxygen atoms in total. The average molecular weight is 280 g/mol. The molecule has 0 atom stereocenters. The molecule has 2 heterocycles. The number of rotatable bonds is 3. The first-order valence-corrected chi connectivity index (χ1v) is 6.72. The first kappa shape index (κ1) is 14.4. The van der Waals surface area contributed by atoms with Crippen LogP contribution in [0.1, 0.15) is 31.3 Å². The summed E-state index contributed by atoms with van der Waals surface area (Å²) in [5.41, 5.74) is -0.713. The summed E-state index contributed by atoms with van der Waals surface area (Å²) in [4.78, 5) is 24.8. The van der Waals surface area contributed by atoms with Crippen molar-refractivity contribution < 1.29 is 19.1 Å². The Balaban J connectivity index is 1.81. The van der Waals surface area contributed by atoms with E-state index in [4.69, 9.17) is 9.52 Å². The molecule has 6 heteroatoms. The van der Waals surface area contributed by atoms with Gasteiger partial charge in [0.05, 0.1) is 12.0 Å². The summed E-state index contributed by atoms with van der Waals surface area (Å²) in [6, 6.07) is 3.50. The van der Waals surface area contributed by atoms with Gasteiger partial charge < -0.3 is 19.7 Å². The Bertz CT molecular complexity index is 501. The third-order valence-electron chi connectivity index (χ3n) is 3.88. The Morgan fingerprint density at radius 3 is 2.55 bits per heavy atom. The molecular weight excluding hydrogens is 260 g/mol. The van der Waals surface area contributed by atoms with E-state index in [-0.39, 0.29) is 6.03 Å². The number of hydrogen-bond acceptors (Lipinski definition) is 3. The predicted molar refractivity (Wildman–Crippen MR) is 72.2 cm³/mol. The maximum atomic E-state index is 12.0. The lowest BCUT2D eigenvalue weighted by Crippen LogP contribution is -2.48. The molecule has 0 unspecified atom stereocenters. The molecule has 20 heavy (non-hydrogen) atoms. The highest BCUT2D eigenvalue weighted by Crippen LogP contribution is 2.30. The number of carboxylic acids is 1. The van der Waals surface area contributed by atoms with Crippen molar-refractivity contribution in [1.82, 2.24) is 10.2 Å². The molecular formula is C14H20N2O4. The second-order valence-corrected chi connectivity index (χ2v) is 5.52. The van der Waals surface area contributed by atoms with E-state index in [0.717, 1.165) is 5.76 Å². The zero-order valence-corrected chi connectivity index (χ0v) is 11.8. The molecule has 0 aliphatic carbocycles. The van der Waals surface area contributed by atoms with Crippen molar-refractivity contribution in [3.8, 4) is 0 Å². The summed E-state index contributed by atoms with van der Waals surface area (Å²) in [7, 11) is 0. The minimum absolute atomic E-state index is 0.175. The zero-order valence-electron chi connectivity index (χ0n) is 11.8. The molecule has 0 aromatic carbocycles. The number of amides is 2. The van der Waals surface area contributed by atoms with Gasteiger partial charge in [-0.1, -0.05) is 0 Å². The first-order valence-electron chi connectivity index (χ1n) is 6.72. The van der Waals surface area contributed by atoms with E-state index < -0.39 is 11.4 Å². The molecule has 1 aliphatic heterocycles. The third kappa shape index (κ3) is 3.12. The fourth-order valence-electron chi connectivity index (χ4n) is 2.27. The molecule has 0 radical (unpaired) electrons. The van der Waals surface area contributed by atoms with Gasteiger partial charge in [-0.2, -0.15) is 0 Å². The number of piperidine rings is 1. The number of hydrogen-bond donors (Lipinski definition) is 2. The van der Waals surface area contributed by atoms with Crippen molar-refractivity contribution in [2.24, 2.45) is 5.41 Å². The Hall–Kier alpha value is -1.98. The van der Waals surface area contributed by atoms with E-state index in [1.54, 1.807) is 11.8 Å². The van der Waals surface area contributed by atoms with Gasteiger partial charge in [0.1, 0.15) is 11.5 Å². The van der Waals surface area contributed by atoms with Crippen LogP contribution in [0.4, 0.5) is 4.79 Å². The number of furan rings is 1. The molecule has 1 aromatic rings. The number of urea groups is 1. The second-order valence-electron chi connectivity index (χ2n) is 5.52. The Morgan fingerprint density at radius 1 is 1.40 bits per heavy atom. The lowest BCUT2D eigenvalue weighted by atomic mass is 9.80. The van der Waals surface area contributed by atoms with Crippen LogP contribution < -0.4 is 5.32 Å². The summed E-state index contributed by atoms with van der Waals surface area (Å²) < 4.78 is 5.37. The number of carboxylic acid groups (broad SMARTS) is 1. The van der Waals surface area contributed by atoms with Crippen molar-refractivity contribution in [3.05, 3.63) is 23.7 Å². The van der Waals surface area contributed by atoms with Gasteiger partial charge in [0.15, 0.2) is 0 Å². The van der Waals surface area contributed by atoms with E-state index >= 15 is 0 Å². The predicted octanol–water partition coefficient (Wildman–Crippen LogP) is 1.98. The van der Waals surface area contributed by atoms with Crippen LogP contribution in [0.3, 0.4) is 0 Å². The number of carbonyl (C=O) groups excluding carboxylic acids is 1. The van der Waals surface area contributed by atoms with Crippen LogP contribution in [0.15, 0.2) is 16.5 Å². The van der Waals surface area contributed by atoms with Crippen molar-refractivity contribution in [2.45, 2.75) is 33.2 Å². The number of aliphatic carboxylic acids is 1. The Kier molecular flexibility index (Phi) is 4.01. The normalized spacial score (nSPS) is 17.8. The van der Waals surface area contributed by atoms with Crippen LogP contribution in [0.5, 0.6) is 0 Å². The number of likely N-dealkylation sites (tertiary alicyclic amines) is 1. The lowest BCUT2D eigenvalue weighted by molar-refractivity contribution is -0.150. The molecule has 2 N–H and O–H groups in total. The minimum atomic E-state index is -0.788. The summed E-state index contributed by atoms with van der Waals surface area (Å²) in [5, 5.41) is 11.9. The fraction of sp³-hybridized carbons (Fsp3) is 0.571. The second kappa shape index (κ2) is 5.56. The van der Waals surface area contributed by atoms with Crippen LogP contribution in [-0.4, -0.2) is 35.1 Å². The van der Waals surface area contributed by atoms with E-state index in [2.05, 4.69) is 5.32 Å². The molecule has 110 valence electrons. The van der Waals surface area contributed by atoms with Crippen LogP contribution >= 0.6 is 0 Å². The topological polar surface area (TPSA) is 82.8 Å². The van der Waals surface area contributed by atoms with Crippen molar-refractivity contribution in [2.75, 3.05) is 13.1 Å². The summed E-state index contributed by atoms with van der Waals surface area (Å²) in [6.07, 6.45) is 0.964. The Labute approximate surface area is 117 Å². The smallest absolute Gasteiger partial charge is 0.317 e. The van der Waals surface area contributed by atoms with Crippen LogP contribution in [0.2, 0.25) is 0 Å². The quantitative estimate of drug-likeness (QED) is 0.887. The molecule has 2 rings (SSSR count). The Morgan fingerprint density at radius 2 is 2.05 bits per heavy atom. The van der Waals surface area contributed by atoms with Crippen LogP contribution in [0, 0.1) is 12.3 Å². The van der Waals surface area contributed by atoms with Crippen molar-refractivity contribution in [1.29, 1.82) is 0 Å². The summed E-state index contributed by atoms with van der Waals surface area (Å²) in [6.45, 7) is 4.86. The molecule has 2 amide bonds. The van der Waals surface area contributed by atoms with Crippen LogP contribution in [0.25, 0.3) is 0 Å². The van der Waals surface area contributed by atoms with Gasteiger partial charge in [-0.15, -0.1) is 0 Å². The number of nitrogens with one attached hydrogen (secondary N) is 1. The van der Waals surface area contributed by atoms with Gasteiger partial charge in [-0.05, 0) is 38.8 Å². The SMILES string of the molecule is Cc1ccc(CNC(=O)N2CCC(C)(C(=O)O)CC2)o1. The molecule has 1 saturated heterocycles. The molecule has 1 fully saturated rings. The van der Waals surface area contributed by atoms with Gasteiger partial charge in [-0.25, -0.2) is 4.79 Å². The minimum Gasteiger partial charge on any atom is -0.481 e. The number of aryl methyl sites for hydroxylation is 1. The highest BCUT2D eigenvalue weighted by atomic mass is 16.4. The molecule has 0 saturated carbocycles. The highest BCUT2D eigenvalue weighted by Gasteiger charge is 2.37. The van der Waals surface area contributed by atoms with E-state index in [1.807, 2.05) is 19.1 Å². The number of carbonyl (C=O) groups is 2. The van der Waals surface area contributed by atoms with E-state index in [1.165, 1.54) is 0 Å². The van der Waals surface area contributed by atoms with E-state index in [0.29, 0.717) is 38.2 Å². The van der Waals surface area contributed by atoms with Gasteiger partial charge in [0, 0.05) is 13.1 Å². The molecule has 1 aromatic heterocycles. The standard InChI is InChI=1S/C14H20N2O4/c1-10-3-4-11(20-10)9-15-13(19)16-7-5-14(2,6-8-16)12(17)18/h3-4H,5-9H2,1-2H3,(H,15,19)(H,17,18). The fourth-order valence-corrected chi connectivity index (χ4v) is 2.27. The van der Waals surface area contributed by atoms with Crippen molar-refractivity contribution >= 4 is 12.0 Å². The maximum absolute atomic E-state index is 12.0.